The van der Waals surface area contributed by atoms with E-state index in [0.717, 1.165) is 10.1 Å². The van der Waals surface area contributed by atoms with E-state index in [9.17, 15) is 4.79 Å². The minimum Gasteiger partial charge on any atom is -0.466 e. The highest BCUT2D eigenvalue weighted by Crippen LogP contribution is 2.38. The molecule has 0 aliphatic rings. The molecular formula is C11H7NO2S. The highest BCUT2D eigenvalue weighted by atomic mass is 32.1. The lowest BCUT2D eigenvalue weighted by Crippen LogP contribution is -1.97. The molecule has 0 atom stereocenters. The minimum absolute atomic E-state index is 0.383. The van der Waals surface area contributed by atoms with Gasteiger partial charge in [-0.2, -0.15) is 0 Å². The van der Waals surface area contributed by atoms with Crippen molar-refractivity contribution in [2.45, 2.75) is 0 Å². The molecule has 0 saturated heterocycles. The predicted octanol–water partition coefficient (Wildman–Crippen LogP) is 3.24. The Morgan fingerprint density at radius 2 is 2.20 bits per heavy atom. The van der Waals surface area contributed by atoms with E-state index < -0.39 is 5.97 Å². The number of fused-ring (bicyclic) bond motifs is 1. The molecule has 0 unspecified atom stereocenters. The third kappa shape index (κ3) is 1.47. The van der Waals surface area contributed by atoms with Crippen LogP contribution in [0.1, 0.15) is 9.67 Å². The zero-order chi connectivity index (χ0) is 10.8. The van der Waals surface area contributed by atoms with E-state index >= 15 is 0 Å². The summed E-state index contributed by atoms with van der Waals surface area (Å²) in [5.74, 6) is -0.442. The summed E-state index contributed by atoms with van der Waals surface area (Å²) >= 11 is 1.29. The van der Waals surface area contributed by atoms with E-state index in [1.165, 1.54) is 18.4 Å². The summed E-state index contributed by atoms with van der Waals surface area (Å²) in [6, 6.07) is 7.46. The van der Waals surface area contributed by atoms with Gasteiger partial charge >= 0.3 is 5.97 Å². The van der Waals surface area contributed by atoms with Gasteiger partial charge in [0.15, 0.2) is 0 Å². The molecule has 0 aliphatic heterocycles. The second-order valence-electron chi connectivity index (χ2n) is 2.88. The second kappa shape index (κ2) is 3.71. The van der Waals surface area contributed by atoms with Crippen LogP contribution in [-0.4, -0.2) is 13.1 Å². The maximum Gasteiger partial charge on any atom is 0.337 e. The number of carbonyl (C=O) groups is 1. The van der Waals surface area contributed by atoms with E-state index in [-0.39, 0.29) is 0 Å². The van der Waals surface area contributed by atoms with Crippen molar-refractivity contribution in [1.82, 2.24) is 0 Å². The van der Waals surface area contributed by atoms with Crippen molar-refractivity contribution in [3.63, 3.8) is 0 Å². The third-order valence-corrected chi connectivity index (χ3v) is 3.19. The summed E-state index contributed by atoms with van der Waals surface area (Å²) in [6.07, 6.45) is 0. The molecule has 1 aromatic carbocycles. The fourth-order valence-corrected chi connectivity index (χ4v) is 2.43. The number of benzene rings is 1. The monoisotopic (exact) mass is 217 g/mol. The molecule has 15 heavy (non-hydrogen) atoms. The number of esters is 1. The average Bonchev–Trinajstić information content (AvgIpc) is 2.66. The molecule has 0 spiro atoms. The van der Waals surface area contributed by atoms with E-state index in [1.54, 1.807) is 0 Å². The molecule has 3 nitrogen and oxygen atoms in total. The molecule has 0 saturated carbocycles. The largest absolute Gasteiger partial charge is 0.466 e. The highest BCUT2D eigenvalue weighted by molar-refractivity contribution is 7.21. The van der Waals surface area contributed by atoms with E-state index in [4.69, 9.17) is 6.57 Å². The zero-order valence-electron chi connectivity index (χ0n) is 7.98. The Kier molecular flexibility index (Phi) is 2.40. The number of carbonyl (C=O) groups excluding carboxylic acids is 1. The Hall–Kier alpha value is -1.86. The normalized spacial score (nSPS) is 9.87. The summed E-state index contributed by atoms with van der Waals surface area (Å²) in [5, 5.41) is 0.818. The molecule has 74 valence electrons. The lowest BCUT2D eigenvalue weighted by atomic mass is 10.2. The molecule has 1 aromatic heterocycles. The van der Waals surface area contributed by atoms with Gasteiger partial charge in [-0.15, -0.1) is 11.3 Å². The summed E-state index contributed by atoms with van der Waals surface area (Å²) in [4.78, 5) is 15.2. The summed E-state index contributed by atoms with van der Waals surface area (Å²) < 4.78 is 5.57. The lowest BCUT2D eigenvalue weighted by Gasteiger charge is -1.94. The molecule has 0 amide bonds. The van der Waals surface area contributed by atoms with Crippen LogP contribution in [-0.2, 0) is 4.74 Å². The molecule has 0 aliphatic carbocycles. The molecule has 0 fully saturated rings. The maximum absolute atomic E-state index is 11.4. The Morgan fingerprint density at radius 1 is 1.47 bits per heavy atom. The van der Waals surface area contributed by atoms with Crippen molar-refractivity contribution < 1.29 is 9.53 Å². The SMILES string of the molecule is [C-]#[N+]c1c(C(=O)OC)sc2ccccc12. The van der Waals surface area contributed by atoms with Crippen molar-refractivity contribution in [3.05, 3.63) is 40.6 Å². The fraction of sp³-hybridized carbons (Fsp3) is 0.0909. The van der Waals surface area contributed by atoms with E-state index in [2.05, 4.69) is 9.58 Å². The number of ether oxygens (including phenoxy) is 1. The van der Waals surface area contributed by atoms with Crippen molar-refractivity contribution >= 4 is 33.1 Å². The Balaban J connectivity index is 2.76. The first-order valence-corrected chi connectivity index (χ1v) is 5.07. The highest BCUT2D eigenvalue weighted by Gasteiger charge is 2.18. The van der Waals surface area contributed by atoms with Crippen LogP contribution in [0.25, 0.3) is 14.9 Å². The molecule has 4 heteroatoms. The maximum atomic E-state index is 11.4. The van der Waals surface area contributed by atoms with Gasteiger partial charge in [0, 0.05) is 4.70 Å². The lowest BCUT2D eigenvalue weighted by molar-refractivity contribution is 0.0607. The van der Waals surface area contributed by atoms with Gasteiger partial charge in [-0.25, -0.2) is 9.64 Å². The second-order valence-corrected chi connectivity index (χ2v) is 3.93. The van der Waals surface area contributed by atoms with Gasteiger partial charge in [0.2, 0.25) is 5.69 Å². The van der Waals surface area contributed by atoms with Gasteiger partial charge in [-0.05, 0) is 11.5 Å². The van der Waals surface area contributed by atoms with Crippen LogP contribution in [0.4, 0.5) is 5.69 Å². The van der Waals surface area contributed by atoms with Crippen LogP contribution in [0.3, 0.4) is 0 Å². The zero-order valence-corrected chi connectivity index (χ0v) is 8.80. The van der Waals surface area contributed by atoms with Gasteiger partial charge in [-0.1, -0.05) is 18.2 Å². The first-order valence-electron chi connectivity index (χ1n) is 4.25. The number of nitrogens with zero attached hydrogens (tertiary/aromatic N) is 1. The summed E-state index contributed by atoms with van der Waals surface area (Å²) in [7, 11) is 1.32. The number of hydrogen-bond acceptors (Lipinski definition) is 3. The molecule has 1 heterocycles. The van der Waals surface area contributed by atoms with Crippen LogP contribution < -0.4 is 0 Å². The van der Waals surface area contributed by atoms with E-state index in [1.807, 2.05) is 24.3 Å². The standard InChI is InChI=1S/C11H7NO2S/c1-12-9-7-5-3-4-6-8(7)15-10(9)11(13)14-2/h3-6H,2H3. The summed E-state index contributed by atoms with van der Waals surface area (Å²) in [6.45, 7) is 7.08. The molecular weight excluding hydrogens is 210 g/mol. The van der Waals surface area contributed by atoms with Crippen molar-refractivity contribution in [1.29, 1.82) is 0 Å². The Bertz CT molecular complexity index is 565. The van der Waals surface area contributed by atoms with Gasteiger partial charge in [0.25, 0.3) is 0 Å². The number of rotatable bonds is 1. The van der Waals surface area contributed by atoms with Gasteiger partial charge in [-0.3, -0.25) is 0 Å². The quantitative estimate of drug-likeness (QED) is 0.542. The van der Waals surface area contributed by atoms with Crippen molar-refractivity contribution in [2.75, 3.05) is 7.11 Å². The number of thiophene rings is 1. The minimum atomic E-state index is -0.442. The average molecular weight is 217 g/mol. The molecule has 2 rings (SSSR count). The number of hydrogen-bond donors (Lipinski definition) is 0. The fourth-order valence-electron chi connectivity index (χ4n) is 1.37. The topological polar surface area (TPSA) is 30.7 Å². The van der Waals surface area contributed by atoms with Gasteiger partial charge in [0.1, 0.15) is 4.88 Å². The van der Waals surface area contributed by atoms with E-state index in [0.29, 0.717) is 10.6 Å². The van der Waals surface area contributed by atoms with Gasteiger partial charge in [0.05, 0.1) is 13.7 Å². The Labute approximate surface area is 90.7 Å². The van der Waals surface area contributed by atoms with Crippen LogP contribution in [0.5, 0.6) is 0 Å². The molecule has 0 bridgehead atoms. The van der Waals surface area contributed by atoms with Gasteiger partial charge < -0.3 is 4.74 Å². The molecule has 2 aromatic rings. The van der Waals surface area contributed by atoms with Crippen LogP contribution >= 0.6 is 11.3 Å². The smallest absolute Gasteiger partial charge is 0.337 e. The first-order chi connectivity index (χ1) is 7.27. The Morgan fingerprint density at radius 3 is 2.87 bits per heavy atom. The van der Waals surface area contributed by atoms with Crippen LogP contribution in [0.15, 0.2) is 24.3 Å². The molecule has 0 N–H and O–H groups in total. The van der Waals surface area contributed by atoms with Crippen LogP contribution in [0.2, 0.25) is 0 Å². The van der Waals surface area contributed by atoms with Crippen LogP contribution in [0, 0.1) is 6.57 Å². The predicted molar refractivity (Wildman–Crippen MR) is 59.4 cm³/mol. The first kappa shape index (κ1) is 9.69. The van der Waals surface area contributed by atoms with Crippen molar-refractivity contribution in [2.24, 2.45) is 0 Å². The third-order valence-electron chi connectivity index (χ3n) is 2.05. The van der Waals surface area contributed by atoms with Crippen molar-refractivity contribution in [3.8, 4) is 0 Å². The molecule has 0 radical (unpaired) electrons. The number of methoxy groups -OCH3 is 1. The summed E-state index contributed by atoms with van der Waals surface area (Å²) in [5.41, 5.74) is 0.391.